The molecule has 0 bridgehead atoms. The highest BCUT2D eigenvalue weighted by Gasteiger charge is 2.46. The summed E-state index contributed by atoms with van der Waals surface area (Å²) < 4.78 is 17.1. The molecule has 8 heteroatoms. The van der Waals surface area contributed by atoms with E-state index in [1.165, 1.54) is 4.90 Å². The van der Waals surface area contributed by atoms with Crippen LogP contribution in [0.25, 0.3) is 0 Å². The standard InChI is InChI=1S/C22H41NO6Si/c1-10-11-12-27-20(26)23-15-16(29-30(8,9)22(5,6)7)13-17(23)18(24)14-19(25)28-21(2,3)4/h16-17H,10-15H2,1-9H3. The number of hydrogen-bond acceptors (Lipinski definition) is 6. The first-order valence-electron chi connectivity index (χ1n) is 10.9. The highest BCUT2D eigenvalue weighted by Crippen LogP contribution is 2.39. The maximum absolute atomic E-state index is 12.9. The summed E-state index contributed by atoms with van der Waals surface area (Å²) in [6.45, 7) is 18.6. The van der Waals surface area contributed by atoms with Gasteiger partial charge in [0.15, 0.2) is 14.1 Å². The molecule has 1 fully saturated rings. The SMILES string of the molecule is CCCCOC(=O)N1CC(O[Si](C)(C)C(C)(C)C)CC1C(=O)CC(=O)OC(C)(C)C. The minimum absolute atomic E-state index is 0.0120. The summed E-state index contributed by atoms with van der Waals surface area (Å²) in [5.41, 5.74) is -0.667. The molecular formula is C22H41NO6Si. The fraction of sp³-hybridized carbons (Fsp3) is 0.864. The van der Waals surface area contributed by atoms with Crippen molar-refractivity contribution in [1.29, 1.82) is 0 Å². The zero-order valence-corrected chi connectivity index (χ0v) is 21.3. The summed E-state index contributed by atoms with van der Waals surface area (Å²) in [6, 6.07) is -0.735. The molecule has 0 aromatic heterocycles. The minimum atomic E-state index is -2.08. The van der Waals surface area contributed by atoms with E-state index in [0.717, 1.165) is 12.8 Å². The van der Waals surface area contributed by atoms with Crippen LogP contribution >= 0.6 is 0 Å². The van der Waals surface area contributed by atoms with E-state index in [1.54, 1.807) is 20.8 Å². The number of likely N-dealkylation sites (tertiary alicyclic amines) is 1. The Hall–Kier alpha value is -1.41. The number of hydrogen-bond donors (Lipinski definition) is 0. The zero-order valence-electron chi connectivity index (χ0n) is 20.3. The average molecular weight is 444 g/mol. The number of ether oxygens (including phenoxy) is 2. The Balaban J connectivity index is 2.93. The van der Waals surface area contributed by atoms with Crippen LogP contribution in [0.2, 0.25) is 18.1 Å². The molecular weight excluding hydrogens is 402 g/mol. The summed E-state index contributed by atoms with van der Waals surface area (Å²) in [6.07, 6.45) is 0.903. The molecule has 0 aliphatic carbocycles. The van der Waals surface area contributed by atoms with E-state index >= 15 is 0 Å². The Bertz CT molecular complexity index is 620. The highest BCUT2D eigenvalue weighted by atomic mass is 28.4. The molecule has 0 aromatic rings. The quantitative estimate of drug-likeness (QED) is 0.234. The van der Waals surface area contributed by atoms with Gasteiger partial charge in [-0.25, -0.2) is 4.79 Å². The van der Waals surface area contributed by atoms with Crippen LogP contribution in [-0.4, -0.2) is 62.0 Å². The number of Topliss-reactive ketones (excluding diaryl/α,β-unsaturated/α-hetero) is 1. The predicted molar refractivity (Wildman–Crippen MR) is 119 cm³/mol. The van der Waals surface area contributed by atoms with Gasteiger partial charge in [-0.3, -0.25) is 14.5 Å². The van der Waals surface area contributed by atoms with Gasteiger partial charge in [-0.2, -0.15) is 0 Å². The molecule has 7 nitrogen and oxygen atoms in total. The molecule has 1 heterocycles. The summed E-state index contributed by atoms with van der Waals surface area (Å²) in [7, 11) is -2.08. The van der Waals surface area contributed by atoms with Crippen molar-refractivity contribution in [2.45, 2.75) is 110 Å². The van der Waals surface area contributed by atoms with E-state index in [-0.39, 0.29) is 23.3 Å². The number of ketones is 1. The Morgan fingerprint density at radius 2 is 1.67 bits per heavy atom. The summed E-state index contributed by atoms with van der Waals surface area (Å²) in [5, 5.41) is 0.0120. The molecule has 30 heavy (non-hydrogen) atoms. The smallest absolute Gasteiger partial charge is 0.410 e. The second kappa shape index (κ2) is 10.3. The van der Waals surface area contributed by atoms with Crippen LogP contribution in [0.3, 0.4) is 0 Å². The van der Waals surface area contributed by atoms with Crippen LogP contribution in [0.1, 0.15) is 74.1 Å². The molecule has 1 aliphatic rings. The molecule has 0 N–H and O–H groups in total. The van der Waals surface area contributed by atoms with Crippen LogP contribution in [0.4, 0.5) is 4.79 Å². The molecule has 0 aromatic carbocycles. The van der Waals surface area contributed by atoms with Crippen molar-refractivity contribution in [1.82, 2.24) is 4.90 Å². The summed E-state index contributed by atoms with van der Waals surface area (Å²) >= 11 is 0. The van der Waals surface area contributed by atoms with Crippen LogP contribution in [-0.2, 0) is 23.5 Å². The van der Waals surface area contributed by atoms with Crippen molar-refractivity contribution in [3.8, 4) is 0 Å². The van der Waals surface area contributed by atoms with Gasteiger partial charge >= 0.3 is 12.1 Å². The van der Waals surface area contributed by atoms with E-state index < -0.39 is 32.0 Å². The fourth-order valence-corrected chi connectivity index (χ4v) is 4.37. The second-order valence-corrected chi connectivity index (χ2v) is 15.4. The molecule has 0 radical (unpaired) electrons. The number of carbonyl (C=O) groups excluding carboxylic acids is 3. The Kier molecular flexibility index (Phi) is 9.11. The maximum atomic E-state index is 12.9. The second-order valence-electron chi connectivity index (χ2n) is 10.6. The summed E-state index contributed by atoms with van der Waals surface area (Å²) in [4.78, 5) is 39.1. The lowest BCUT2D eigenvalue weighted by atomic mass is 10.1. The van der Waals surface area contributed by atoms with Crippen molar-refractivity contribution < 1.29 is 28.3 Å². The van der Waals surface area contributed by atoms with Gasteiger partial charge in [0.25, 0.3) is 0 Å². The lowest BCUT2D eigenvalue weighted by molar-refractivity contribution is -0.156. The van der Waals surface area contributed by atoms with Crippen molar-refractivity contribution >= 4 is 26.2 Å². The van der Waals surface area contributed by atoms with Gasteiger partial charge in [-0.05, 0) is 45.3 Å². The molecule has 1 aliphatic heterocycles. The van der Waals surface area contributed by atoms with Crippen molar-refractivity contribution in [3.05, 3.63) is 0 Å². The first-order valence-corrected chi connectivity index (χ1v) is 13.8. The molecule has 0 saturated carbocycles. The van der Waals surface area contributed by atoms with E-state index in [0.29, 0.717) is 19.6 Å². The van der Waals surface area contributed by atoms with Crippen LogP contribution in [0.5, 0.6) is 0 Å². The highest BCUT2D eigenvalue weighted by molar-refractivity contribution is 6.74. The third kappa shape index (κ3) is 8.02. The normalized spacial score (nSPS) is 20.2. The topological polar surface area (TPSA) is 82.1 Å². The largest absolute Gasteiger partial charge is 0.460 e. The molecule has 0 spiro atoms. The first kappa shape index (κ1) is 26.6. The number of unbranched alkanes of at least 4 members (excludes halogenated alkanes) is 1. The summed E-state index contributed by atoms with van der Waals surface area (Å²) in [5.74, 6) is -0.918. The van der Waals surface area contributed by atoms with Gasteiger partial charge in [0.1, 0.15) is 12.0 Å². The third-order valence-electron chi connectivity index (χ3n) is 5.60. The lowest BCUT2D eigenvalue weighted by Crippen LogP contribution is -2.45. The molecule has 1 saturated heterocycles. The van der Waals surface area contributed by atoms with Crippen molar-refractivity contribution in [2.24, 2.45) is 0 Å². The van der Waals surface area contributed by atoms with E-state index in [1.807, 2.05) is 6.92 Å². The zero-order chi connectivity index (χ0) is 23.3. The van der Waals surface area contributed by atoms with Crippen LogP contribution in [0, 0.1) is 0 Å². The van der Waals surface area contributed by atoms with Gasteiger partial charge in [0, 0.05) is 13.0 Å². The Labute approximate surface area is 182 Å². The number of amides is 1. The average Bonchev–Trinajstić information content (AvgIpc) is 2.95. The molecule has 1 rings (SSSR count). The molecule has 1 amide bonds. The van der Waals surface area contributed by atoms with Crippen LogP contribution < -0.4 is 0 Å². The third-order valence-corrected chi connectivity index (χ3v) is 10.1. The monoisotopic (exact) mass is 443 g/mol. The molecule has 2 unspecified atom stereocenters. The van der Waals surface area contributed by atoms with E-state index in [9.17, 15) is 14.4 Å². The number of rotatable bonds is 8. The molecule has 174 valence electrons. The minimum Gasteiger partial charge on any atom is -0.460 e. The number of carbonyl (C=O) groups is 3. The van der Waals surface area contributed by atoms with Crippen LogP contribution in [0.15, 0.2) is 0 Å². The fourth-order valence-electron chi connectivity index (χ4n) is 3.01. The molecule has 2 atom stereocenters. The number of nitrogens with zero attached hydrogens (tertiary/aromatic N) is 1. The van der Waals surface area contributed by atoms with Crippen molar-refractivity contribution in [2.75, 3.05) is 13.2 Å². The Morgan fingerprint density at radius 3 is 2.17 bits per heavy atom. The van der Waals surface area contributed by atoms with E-state index in [2.05, 4.69) is 33.9 Å². The first-order chi connectivity index (χ1) is 13.6. The van der Waals surface area contributed by atoms with Gasteiger partial charge in [0.2, 0.25) is 0 Å². The van der Waals surface area contributed by atoms with Gasteiger partial charge in [-0.1, -0.05) is 34.1 Å². The Morgan fingerprint density at radius 1 is 1.07 bits per heavy atom. The van der Waals surface area contributed by atoms with Crippen molar-refractivity contribution in [3.63, 3.8) is 0 Å². The predicted octanol–water partition coefficient (Wildman–Crippen LogP) is 4.69. The van der Waals surface area contributed by atoms with E-state index in [4.69, 9.17) is 13.9 Å². The maximum Gasteiger partial charge on any atom is 0.410 e. The van der Waals surface area contributed by atoms with Gasteiger partial charge in [-0.15, -0.1) is 0 Å². The number of esters is 1. The van der Waals surface area contributed by atoms with Gasteiger partial charge < -0.3 is 13.9 Å². The lowest BCUT2D eigenvalue weighted by Gasteiger charge is -2.38. The van der Waals surface area contributed by atoms with Gasteiger partial charge in [0.05, 0.1) is 18.8 Å².